The van der Waals surface area contributed by atoms with Gasteiger partial charge in [-0.15, -0.1) is 11.8 Å². The molecule has 2 heterocycles. The van der Waals surface area contributed by atoms with Crippen molar-refractivity contribution >= 4 is 46.3 Å². The predicted octanol–water partition coefficient (Wildman–Crippen LogP) is 7.19. The summed E-state index contributed by atoms with van der Waals surface area (Å²) in [5.74, 6) is 0. The monoisotopic (exact) mass is 489 g/mol. The van der Waals surface area contributed by atoms with Gasteiger partial charge in [-0.2, -0.15) is 5.10 Å². The molecule has 0 aliphatic heterocycles. The van der Waals surface area contributed by atoms with E-state index in [9.17, 15) is 5.11 Å². The number of thiazole rings is 1. The minimum atomic E-state index is -0.742. The van der Waals surface area contributed by atoms with Gasteiger partial charge in [0.2, 0.25) is 5.13 Å². The largest absolute Gasteiger partial charge is 0.384 e. The van der Waals surface area contributed by atoms with Gasteiger partial charge in [-0.1, -0.05) is 84.8 Å². The van der Waals surface area contributed by atoms with Gasteiger partial charge in [-0.05, 0) is 24.6 Å². The molecule has 2 aromatic heterocycles. The van der Waals surface area contributed by atoms with Crippen LogP contribution in [0.2, 0.25) is 10.0 Å². The number of rotatable bonds is 6. The molecule has 0 bridgehead atoms. The number of thioether (sulfide) groups is 1. The maximum atomic E-state index is 10.8. The third kappa shape index (κ3) is 4.83. The molecule has 0 aliphatic carbocycles. The fourth-order valence-electron chi connectivity index (χ4n) is 3.17. The molecule has 0 saturated heterocycles. The van der Waals surface area contributed by atoms with Crippen LogP contribution in [0, 0.1) is 6.92 Å². The van der Waals surface area contributed by atoms with Gasteiger partial charge in [0.1, 0.15) is 6.10 Å². The summed E-state index contributed by atoms with van der Waals surface area (Å²) in [6, 6.07) is 15.1. The second-order valence-corrected chi connectivity index (χ2v) is 11.0. The highest BCUT2D eigenvalue weighted by Crippen LogP contribution is 2.41. The summed E-state index contributed by atoms with van der Waals surface area (Å²) in [7, 11) is 0. The second kappa shape index (κ2) is 9.35. The molecule has 4 aromatic rings. The molecule has 1 N–H and O–H groups in total. The van der Waals surface area contributed by atoms with Crippen LogP contribution < -0.4 is 0 Å². The maximum Gasteiger partial charge on any atom is 0.211 e. The SMILES string of the molecule is Cc1nn(-c2nc(-c3ccc(Cl)c(Cl)c3)c(SC(C)C)s2)cc1C(O)c1ccccc1. The van der Waals surface area contributed by atoms with Crippen molar-refractivity contribution in [1.29, 1.82) is 0 Å². The van der Waals surface area contributed by atoms with Crippen molar-refractivity contribution in [3.63, 3.8) is 0 Å². The molecule has 8 heteroatoms. The lowest BCUT2D eigenvalue weighted by Gasteiger charge is -2.09. The molecular weight excluding hydrogens is 469 g/mol. The number of aryl methyl sites for hydroxylation is 1. The van der Waals surface area contributed by atoms with E-state index in [0.717, 1.165) is 37.4 Å². The lowest BCUT2D eigenvalue weighted by Crippen LogP contribution is -1.99. The van der Waals surface area contributed by atoms with Crippen LogP contribution in [0.15, 0.2) is 58.9 Å². The Labute approximate surface area is 199 Å². The zero-order valence-corrected chi connectivity index (χ0v) is 20.4. The van der Waals surface area contributed by atoms with Crippen molar-refractivity contribution < 1.29 is 5.11 Å². The van der Waals surface area contributed by atoms with Gasteiger partial charge in [-0.25, -0.2) is 9.67 Å². The van der Waals surface area contributed by atoms with Crippen LogP contribution in [0.1, 0.15) is 36.8 Å². The molecule has 0 amide bonds. The highest BCUT2D eigenvalue weighted by molar-refractivity contribution is 8.01. The van der Waals surface area contributed by atoms with Crippen LogP contribution in [0.5, 0.6) is 0 Å². The summed E-state index contributed by atoms with van der Waals surface area (Å²) in [6.45, 7) is 6.19. The van der Waals surface area contributed by atoms with Crippen LogP contribution in [-0.4, -0.2) is 25.1 Å². The minimum Gasteiger partial charge on any atom is -0.384 e. The number of hydrogen-bond acceptors (Lipinski definition) is 5. The first kappa shape index (κ1) is 22.4. The Balaban J connectivity index is 1.75. The first-order valence-electron chi connectivity index (χ1n) is 9.76. The number of aromatic nitrogens is 3. The van der Waals surface area contributed by atoms with E-state index in [2.05, 4.69) is 18.9 Å². The van der Waals surface area contributed by atoms with Crippen LogP contribution >= 0.6 is 46.3 Å². The number of halogens is 2. The summed E-state index contributed by atoms with van der Waals surface area (Å²) in [5, 5.41) is 17.6. The van der Waals surface area contributed by atoms with E-state index in [1.54, 1.807) is 33.8 Å². The Morgan fingerprint density at radius 2 is 1.81 bits per heavy atom. The third-order valence-corrected chi connectivity index (χ3v) is 7.66. The highest BCUT2D eigenvalue weighted by atomic mass is 35.5. The first-order chi connectivity index (χ1) is 14.8. The van der Waals surface area contributed by atoms with Crippen LogP contribution in [-0.2, 0) is 0 Å². The molecule has 160 valence electrons. The third-order valence-electron chi connectivity index (χ3n) is 4.66. The van der Waals surface area contributed by atoms with E-state index < -0.39 is 6.10 Å². The predicted molar refractivity (Wildman–Crippen MR) is 131 cm³/mol. The van der Waals surface area contributed by atoms with Gasteiger partial charge < -0.3 is 5.11 Å². The molecule has 1 unspecified atom stereocenters. The number of aliphatic hydroxyl groups excluding tert-OH is 1. The molecule has 4 rings (SSSR count). The van der Waals surface area contributed by atoms with Crippen molar-refractivity contribution in [2.75, 3.05) is 0 Å². The van der Waals surface area contributed by atoms with Crippen LogP contribution in [0.25, 0.3) is 16.4 Å². The Kier molecular flexibility index (Phi) is 6.74. The number of aliphatic hydroxyl groups is 1. The van der Waals surface area contributed by atoms with Crippen LogP contribution in [0.4, 0.5) is 0 Å². The summed E-state index contributed by atoms with van der Waals surface area (Å²) in [5.41, 5.74) is 4.12. The smallest absolute Gasteiger partial charge is 0.211 e. The first-order valence-corrected chi connectivity index (χ1v) is 12.2. The lowest BCUT2D eigenvalue weighted by molar-refractivity contribution is 0.219. The molecule has 0 spiro atoms. The Morgan fingerprint density at radius 3 is 2.48 bits per heavy atom. The quantitative estimate of drug-likeness (QED) is 0.291. The average molecular weight is 490 g/mol. The van der Waals surface area contributed by atoms with Gasteiger partial charge in [0.25, 0.3) is 0 Å². The van der Waals surface area contributed by atoms with Crippen LogP contribution in [0.3, 0.4) is 0 Å². The van der Waals surface area contributed by atoms with Crippen molar-refractivity contribution in [2.24, 2.45) is 0 Å². The topological polar surface area (TPSA) is 50.9 Å². The fourth-order valence-corrected chi connectivity index (χ4v) is 5.91. The van der Waals surface area contributed by atoms with E-state index in [1.165, 1.54) is 0 Å². The van der Waals surface area contributed by atoms with E-state index in [-0.39, 0.29) is 0 Å². The van der Waals surface area contributed by atoms with Crippen molar-refractivity contribution in [3.05, 3.63) is 81.6 Å². The molecule has 2 aromatic carbocycles. The van der Waals surface area contributed by atoms with E-state index in [4.69, 9.17) is 28.2 Å². The van der Waals surface area contributed by atoms with Crippen molar-refractivity contribution in [2.45, 2.75) is 36.3 Å². The highest BCUT2D eigenvalue weighted by Gasteiger charge is 2.21. The zero-order chi connectivity index (χ0) is 22.1. The van der Waals surface area contributed by atoms with Crippen molar-refractivity contribution in [1.82, 2.24) is 14.8 Å². The van der Waals surface area contributed by atoms with E-state index in [1.807, 2.05) is 55.6 Å². The normalized spacial score (nSPS) is 12.5. The Bertz CT molecular complexity index is 1210. The van der Waals surface area contributed by atoms with Crippen molar-refractivity contribution in [3.8, 4) is 16.4 Å². The summed E-state index contributed by atoms with van der Waals surface area (Å²) in [6.07, 6.45) is 1.11. The van der Waals surface area contributed by atoms with E-state index >= 15 is 0 Å². The molecule has 31 heavy (non-hydrogen) atoms. The van der Waals surface area contributed by atoms with Gasteiger partial charge in [-0.3, -0.25) is 0 Å². The minimum absolute atomic E-state index is 0.393. The fraction of sp³-hybridized carbons (Fsp3) is 0.217. The summed E-state index contributed by atoms with van der Waals surface area (Å²) in [4.78, 5) is 4.88. The zero-order valence-electron chi connectivity index (χ0n) is 17.2. The summed E-state index contributed by atoms with van der Waals surface area (Å²) >= 11 is 15.7. The Hall–Kier alpha value is -1.83. The molecule has 1 atom stereocenters. The number of hydrogen-bond donors (Lipinski definition) is 1. The molecule has 0 radical (unpaired) electrons. The van der Waals surface area contributed by atoms with Gasteiger partial charge in [0.05, 0.1) is 25.6 Å². The summed E-state index contributed by atoms with van der Waals surface area (Å²) < 4.78 is 2.83. The van der Waals surface area contributed by atoms with E-state index in [0.29, 0.717) is 15.3 Å². The molecule has 0 saturated carbocycles. The molecule has 0 fully saturated rings. The lowest BCUT2D eigenvalue weighted by atomic mass is 10.0. The average Bonchev–Trinajstić information content (AvgIpc) is 3.33. The molecular formula is C23H21Cl2N3OS2. The van der Waals surface area contributed by atoms with Gasteiger partial charge in [0.15, 0.2) is 0 Å². The number of nitrogens with zero attached hydrogens (tertiary/aromatic N) is 3. The second-order valence-electron chi connectivity index (χ2n) is 7.36. The Morgan fingerprint density at radius 1 is 1.06 bits per heavy atom. The van der Waals surface area contributed by atoms with Gasteiger partial charge in [0, 0.05) is 22.6 Å². The number of benzene rings is 2. The standard InChI is InChI=1S/C23H21Cl2N3OS2/c1-13(2)30-22-20(16-9-10-18(24)19(25)11-16)26-23(31-22)28-12-17(14(3)27-28)21(29)15-7-5-4-6-8-15/h4-13,21,29H,1-3H3. The molecule has 0 aliphatic rings. The van der Waals surface area contributed by atoms with Gasteiger partial charge >= 0.3 is 0 Å². The molecule has 4 nitrogen and oxygen atoms in total. The maximum absolute atomic E-state index is 10.8.